The molecule has 1 aliphatic carbocycles. The normalized spacial score (nSPS) is 15.0. The van der Waals surface area contributed by atoms with Gasteiger partial charge in [-0.2, -0.15) is 0 Å². The van der Waals surface area contributed by atoms with Gasteiger partial charge in [0, 0.05) is 18.3 Å². The van der Waals surface area contributed by atoms with E-state index in [2.05, 4.69) is 4.98 Å². The molecule has 0 radical (unpaired) electrons. The second kappa shape index (κ2) is 6.78. The minimum absolute atomic E-state index is 0.0109. The molecule has 138 valence electrons. The van der Waals surface area contributed by atoms with Crippen molar-refractivity contribution in [1.82, 2.24) is 4.98 Å². The molecule has 1 heterocycles. The molecule has 0 amide bonds. The predicted molar refractivity (Wildman–Crippen MR) is 103 cm³/mol. The maximum atomic E-state index is 13.1. The predicted octanol–water partition coefficient (Wildman–Crippen LogP) is 3.76. The van der Waals surface area contributed by atoms with Gasteiger partial charge in [0.2, 0.25) is 0 Å². The Morgan fingerprint density at radius 2 is 1.81 bits per heavy atom. The zero-order valence-electron chi connectivity index (χ0n) is 14.6. The first-order valence-corrected chi connectivity index (χ1v) is 9.67. The fraction of sp³-hybridized carbons (Fsp3) is 0.286. The number of carbonyl (C=O) groups is 2. The third-order valence-electron chi connectivity index (χ3n) is 5.24. The summed E-state index contributed by atoms with van der Waals surface area (Å²) in [5, 5.41) is 19.8. The van der Waals surface area contributed by atoms with Gasteiger partial charge in [0.25, 0.3) is 0 Å². The Hall–Kier alpha value is -2.73. The first kappa shape index (κ1) is 17.7. The van der Waals surface area contributed by atoms with Crippen LogP contribution in [-0.2, 0) is 28.9 Å². The summed E-state index contributed by atoms with van der Waals surface area (Å²) < 4.78 is 0.881. The fourth-order valence-electron chi connectivity index (χ4n) is 3.96. The lowest BCUT2D eigenvalue weighted by molar-refractivity contribution is -0.144. The van der Waals surface area contributed by atoms with Gasteiger partial charge in [0.15, 0.2) is 0 Å². The average Bonchev–Trinajstić information content (AvgIpc) is 3.19. The summed E-state index contributed by atoms with van der Waals surface area (Å²) in [6, 6.07) is 12.8. The Labute approximate surface area is 160 Å². The summed E-state index contributed by atoms with van der Waals surface area (Å²) in [6.07, 6.45) is 1.59. The van der Waals surface area contributed by atoms with Crippen molar-refractivity contribution >= 4 is 33.3 Å². The van der Waals surface area contributed by atoms with Crippen molar-refractivity contribution < 1.29 is 19.8 Å². The third-order valence-corrected chi connectivity index (χ3v) is 6.32. The van der Waals surface area contributed by atoms with E-state index in [0.29, 0.717) is 19.3 Å². The van der Waals surface area contributed by atoms with Crippen molar-refractivity contribution in [1.29, 1.82) is 0 Å². The van der Waals surface area contributed by atoms with Gasteiger partial charge in [0.05, 0.1) is 21.6 Å². The molecule has 0 saturated heterocycles. The van der Waals surface area contributed by atoms with Gasteiger partial charge in [-0.25, -0.2) is 4.98 Å². The third kappa shape index (κ3) is 3.45. The van der Waals surface area contributed by atoms with Gasteiger partial charge < -0.3 is 10.2 Å². The lowest BCUT2D eigenvalue weighted by Crippen LogP contribution is -2.35. The first-order valence-electron chi connectivity index (χ1n) is 8.85. The molecule has 5 nitrogen and oxygen atoms in total. The van der Waals surface area contributed by atoms with Crippen LogP contribution in [0.15, 0.2) is 42.5 Å². The standard InChI is InChI=1S/C21H19NO4S/c23-15-5-6-16-17(9-15)27-19(22-16)8-7-18(24)21(12-20(25)26)10-13-3-1-2-4-14(13)11-21/h1-6,9,23H,7-8,10-12H2,(H,25,26). The monoisotopic (exact) mass is 381 g/mol. The Morgan fingerprint density at radius 3 is 2.48 bits per heavy atom. The number of ketones is 1. The van der Waals surface area contributed by atoms with E-state index in [1.54, 1.807) is 18.2 Å². The van der Waals surface area contributed by atoms with Crippen LogP contribution in [0.25, 0.3) is 10.2 Å². The van der Waals surface area contributed by atoms with E-state index in [9.17, 15) is 19.8 Å². The molecule has 4 rings (SSSR count). The van der Waals surface area contributed by atoms with Crippen molar-refractivity contribution in [3.05, 3.63) is 58.6 Å². The van der Waals surface area contributed by atoms with Crippen LogP contribution in [0.5, 0.6) is 5.75 Å². The summed E-state index contributed by atoms with van der Waals surface area (Å²) in [5.74, 6) is -0.757. The number of nitrogens with zero attached hydrogens (tertiary/aromatic N) is 1. The van der Waals surface area contributed by atoms with Crippen molar-refractivity contribution in [2.45, 2.75) is 32.1 Å². The number of benzene rings is 2. The van der Waals surface area contributed by atoms with Crippen molar-refractivity contribution in [3.8, 4) is 5.75 Å². The van der Waals surface area contributed by atoms with Crippen molar-refractivity contribution in [3.63, 3.8) is 0 Å². The summed E-state index contributed by atoms with van der Waals surface area (Å²) in [6.45, 7) is 0. The molecule has 0 atom stereocenters. The van der Waals surface area contributed by atoms with Crippen LogP contribution in [0, 0.1) is 5.41 Å². The van der Waals surface area contributed by atoms with E-state index in [4.69, 9.17) is 0 Å². The quantitative estimate of drug-likeness (QED) is 0.679. The molecular formula is C21H19NO4S. The molecule has 0 saturated carbocycles. The number of phenolic OH excluding ortho intramolecular Hbond substituents is 1. The largest absolute Gasteiger partial charge is 0.508 e. The maximum absolute atomic E-state index is 13.1. The molecule has 1 aliphatic rings. The van der Waals surface area contributed by atoms with Crippen LogP contribution in [0.3, 0.4) is 0 Å². The fourth-order valence-corrected chi connectivity index (χ4v) is 4.96. The number of hydrogen-bond donors (Lipinski definition) is 2. The topological polar surface area (TPSA) is 87.5 Å². The number of aryl methyl sites for hydroxylation is 1. The molecule has 2 aromatic carbocycles. The minimum atomic E-state index is -0.938. The highest BCUT2D eigenvalue weighted by Crippen LogP contribution is 2.41. The summed E-state index contributed by atoms with van der Waals surface area (Å²) in [5.41, 5.74) is 2.09. The molecule has 0 spiro atoms. The number of rotatable bonds is 6. The smallest absolute Gasteiger partial charge is 0.304 e. The van der Waals surface area contributed by atoms with Crippen LogP contribution in [0.4, 0.5) is 0 Å². The molecule has 3 aromatic rings. The van der Waals surface area contributed by atoms with E-state index >= 15 is 0 Å². The Bertz CT molecular complexity index is 1010. The minimum Gasteiger partial charge on any atom is -0.508 e. The number of fused-ring (bicyclic) bond motifs is 2. The lowest BCUT2D eigenvalue weighted by Gasteiger charge is -2.25. The van der Waals surface area contributed by atoms with E-state index in [1.807, 2.05) is 24.3 Å². The van der Waals surface area contributed by atoms with Gasteiger partial charge in [-0.3, -0.25) is 9.59 Å². The Kier molecular flexibility index (Phi) is 4.44. The molecule has 1 aromatic heterocycles. The van der Waals surface area contributed by atoms with E-state index < -0.39 is 11.4 Å². The van der Waals surface area contributed by atoms with Gasteiger partial charge >= 0.3 is 5.97 Å². The second-order valence-electron chi connectivity index (χ2n) is 7.16. The van der Waals surface area contributed by atoms with Gasteiger partial charge in [0.1, 0.15) is 11.5 Å². The van der Waals surface area contributed by atoms with Crippen LogP contribution in [-0.4, -0.2) is 26.9 Å². The number of hydrogen-bond acceptors (Lipinski definition) is 5. The summed E-state index contributed by atoms with van der Waals surface area (Å²) in [7, 11) is 0. The molecule has 2 N–H and O–H groups in total. The number of thiazole rings is 1. The van der Waals surface area contributed by atoms with Crippen LogP contribution < -0.4 is 0 Å². The number of carboxylic acids is 1. The number of phenols is 1. The van der Waals surface area contributed by atoms with E-state index in [-0.39, 0.29) is 24.4 Å². The maximum Gasteiger partial charge on any atom is 0.304 e. The molecular weight excluding hydrogens is 362 g/mol. The number of carbonyl (C=O) groups excluding carboxylic acids is 1. The number of aromatic nitrogens is 1. The zero-order chi connectivity index (χ0) is 19.0. The molecule has 0 bridgehead atoms. The summed E-state index contributed by atoms with van der Waals surface area (Å²) in [4.78, 5) is 29.1. The molecule has 0 unspecified atom stereocenters. The van der Waals surface area contributed by atoms with Crippen LogP contribution >= 0.6 is 11.3 Å². The van der Waals surface area contributed by atoms with E-state index in [1.165, 1.54) is 11.3 Å². The molecule has 0 aliphatic heterocycles. The highest BCUT2D eigenvalue weighted by atomic mass is 32.1. The lowest BCUT2D eigenvalue weighted by atomic mass is 9.76. The molecule has 27 heavy (non-hydrogen) atoms. The first-order chi connectivity index (χ1) is 12.9. The number of carboxylic acid groups (broad SMARTS) is 1. The molecule has 6 heteroatoms. The SMILES string of the molecule is O=C(O)CC1(C(=O)CCc2nc3ccc(O)cc3s2)Cc2ccccc2C1. The number of aromatic hydroxyl groups is 1. The van der Waals surface area contributed by atoms with Gasteiger partial charge in [-0.05, 0) is 42.2 Å². The Balaban J connectivity index is 1.53. The Morgan fingerprint density at radius 1 is 1.11 bits per heavy atom. The average molecular weight is 381 g/mol. The highest BCUT2D eigenvalue weighted by molar-refractivity contribution is 7.18. The zero-order valence-corrected chi connectivity index (χ0v) is 15.5. The summed E-state index contributed by atoms with van der Waals surface area (Å²) >= 11 is 1.46. The number of aliphatic carboxylic acids is 1. The van der Waals surface area contributed by atoms with Crippen molar-refractivity contribution in [2.75, 3.05) is 0 Å². The molecule has 0 fully saturated rings. The highest BCUT2D eigenvalue weighted by Gasteiger charge is 2.44. The van der Waals surface area contributed by atoms with Crippen LogP contribution in [0.1, 0.15) is 29.0 Å². The van der Waals surface area contributed by atoms with Gasteiger partial charge in [-0.15, -0.1) is 11.3 Å². The van der Waals surface area contributed by atoms with Crippen LogP contribution in [0.2, 0.25) is 0 Å². The van der Waals surface area contributed by atoms with E-state index in [0.717, 1.165) is 26.4 Å². The van der Waals surface area contributed by atoms with Crippen molar-refractivity contribution in [2.24, 2.45) is 5.41 Å². The van der Waals surface area contributed by atoms with Gasteiger partial charge in [-0.1, -0.05) is 24.3 Å². The second-order valence-corrected chi connectivity index (χ2v) is 8.27. The number of Topliss-reactive ketones (excluding diaryl/α,β-unsaturated/α-hetero) is 1.